The maximum atomic E-state index is 12.6. The van der Waals surface area contributed by atoms with Crippen LogP contribution in [0, 0.1) is 13.8 Å². The topological polar surface area (TPSA) is 90.5 Å². The molecule has 33 heavy (non-hydrogen) atoms. The number of hydrogen-bond donors (Lipinski definition) is 3. The molecule has 0 spiro atoms. The van der Waals surface area contributed by atoms with E-state index in [9.17, 15) is 14.4 Å². The van der Waals surface area contributed by atoms with Crippen LogP contribution in [0.5, 0.6) is 0 Å². The van der Waals surface area contributed by atoms with Gasteiger partial charge >= 0.3 is 0 Å². The Morgan fingerprint density at radius 3 is 2.33 bits per heavy atom. The SMILES string of the molecule is Cc1ccc(NC(=O)CN(C)C(=O)CNc2ccc(C(=O)NC3CCCCC3)cc2C)cc1. The van der Waals surface area contributed by atoms with Crippen molar-refractivity contribution in [2.45, 2.75) is 52.0 Å². The van der Waals surface area contributed by atoms with E-state index >= 15 is 0 Å². The van der Waals surface area contributed by atoms with Crippen LogP contribution in [0.25, 0.3) is 0 Å². The summed E-state index contributed by atoms with van der Waals surface area (Å²) in [5.41, 5.74) is 4.11. The van der Waals surface area contributed by atoms with Gasteiger partial charge in [0.05, 0.1) is 13.1 Å². The molecular formula is C26H34N4O3. The number of rotatable bonds is 8. The van der Waals surface area contributed by atoms with E-state index < -0.39 is 0 Å². The van der Waals surface area contributed by atoms with Gasteiger partial charge in [-0.3, -0.25) is 14.4 Å². The minimum Gasteiger partial charge on any atom is -0.376 e. The van der Waals surface area contributed by atoms with Crippen LogP contribution in [0.4, 0.5) is 11.4 Å². The third-order valence-corrected chi connectivity index (χ3v) is 6.00. The van der Waals surface area contributed by atoms with Crippen LogP contribution in [0.15, 0.2) is 42.5 Å². The number of likely N-dealkylation sites (N-methyl/N-ethyl adjacent to an activating group) is 1. The summed E-state index contributed by atoms with van der Waals surface area (Å²) in [5.74, 6) is -0.501. The predicted octanol–water partition coefficient (Wildman–Crippen LogP) is 3.87. The average Bonchev–Trinajstić information content (AvgIpc) is 2.80. The summed E-state index contributed by atoms with van der Waals surface area (Å²) in [5, 5.41) is 9.04. The van der Waals surface area contributed by atoms with E-state index in [2.05, 4.69) is 16.0 Å². The Balaban J connectivity index is 1.47. The quantitative estimate of drug-likeness (QED) is 0.569. The zero-order valence-corrected chi connectivity index (χ0v) is 19.7. The molecule has 0 saturated heterocycles. The van der Waals surface area contributed by atoms with Gasteiger partial charge in [0.15, 0.2) is 0 Å². The van der Waals surface area contributed by atoms with E-state index in [0.717, 1.165) is 29.7 Å². The Bertz CT molecular complexity index is 982. The number of carbonyl (C=O) groups excluding carboxylic acids is 3. The van der Waals surface area contributed by atoms with Crippen LogP contribution in [0.3, 0.4) is 0 Å². The van der Waals surface area contributed by atoms with Crippen molar-refractivity contribution >= 4 is 29.1 Å². The number of amides is 3. The Kier molecular flexibility index (Phi) is 8.46. The summed E-state index contributed by atoms with van der Waals surface area (Å²) >= 11 is 0. The largest absolute Gasteiger partial charge is 0.376 e. The van der Waals surface area contributed by atoms with Gasteiger partial charge in [-0.05, 0) is 62.6 Å². The molecule has 0 unspecified atom stereocenters. The van der Waals surface area contributed by atoms with Crippen molar-refractivity contribution in [2.75, 3.05) is 30.8 Å². The summed E-state index contributed by atoms with van der Waals surface area (Å²) in [6, 6.07) is 13.2. The summed E-state index contributed by atoms with van der Waals surface area (Å²) in [6.07, 6.45) is 5.68. The Hall–Kier alpha value is -3.35. The number of aryl methyl sites for hydroxylation is 2. The normalized spacial score (nSPS) is 13.8. The first-order chi connectivity index (χ1) is 15.8. The molecule has 3 rings (SSSR count). The van der Waals surface area contributed by atoms with E-state index in [-0.39, 0.29) is 36.9 Å². The molecule has 0 bridgehead atoms. The highest BCUT2D eigenvalue weighted by molar-refractivity contribution is 5.96. The first-order valence-electron chi connectivity index (χ1n) is 11.6. The fourth-order valence-corrected chi connectivity index (χ4v) is 3.97. The molecule has 0 radical (unpaired) electrons. The second-order valence-corrected chi connectivity index (χ2v) is 8.86. The lowest BCUT2D eigenvalue weighted by Gasteiger charge is -2.23. The van der Waals surface area contributed by atoms with Crippen molar-refractivity contribution in [1.82, 2.24) is 10.2 Å². The average molecular weight is 451 g/mol. The molecule has 0 heterocycles. The minimum absolute atomic E-state index is 0.0341. The van der Waals surface area contributed by atoms with Gasteiger partial charge in [-0.2, -0.15) is 0 Å². The van der Waals surface area contributed by atoms with Gasteiger partial charge in [0.2, 0.25) is 11.8 Å². The molecule has 2 aromatic carbocycles. The fraction of sp³-hybridized carbons (Fsp3) is 0.423. The lowest BCUT2D eigenvalue weighted by Crippen LogP contribution is -2.38. The molecule has 7 nitrogen and oxygen atoms in total. The van der Waals surface area contributed by atoms with Gasteiger partial charge in [-0.1, -0.05) is 37.0 Å². The van der Waals surface area contributed by atoms with Crippen molar-refractivity contribution in [1.29, 1.82) is 0 Å². The smallest absolute Gasteiger partial charge is 0.251 e. The minimum atomic E-state index is -0.251. The highest BCUT2D eigenvalue weighted by Gasteiger charge is 2.17. The number of nitrogens with one attached hydrogen (secondary N) is 3. The second kappa shape index (κ2) is 11.5. The third-order valence-electron chi connectivity index (χ3n) is 6.00. The molecule has 3 N–H and O–H groups in total. The number of anilines is 2. The van der Waals surface area contributed by atoms with Crippen molar-refractivity contribution < 1.29 is 14.4 Å². The molecule has 1 aliphatic carbocycles. The van der Waals surface area contributed by atoms with Crippen LogP contribution in [-0.2, 0) is 9.59 Å². The lowest BCUT2D eigenvalue weighted by molar-refractivity contribution is -0.131. The van der Waals surface area contributed by atoms with Gasteiger partial charge < -0.3 is 20.9 Å². The summed E-state index contributed by atoms with van der Waals surface area (Å²) in [6.45, 7) is 3.91. The summed E-state index contributed by atoms with van der Waals surface area (Å²) < 4.78 is 0. The molecule has 1 fully saturated rings. The first kappa shape index (κ1) is 24.3. The first-order valence-corrected chi connectivity index (χ1v) is 11.6. The fourth-order valence-electron chi connectivity index (χ4n) is 3.97. The number of hydrogen-bond acceptors (Lipinski definition) is 4. The zero-order chi connectivity index (χ0) is 23.8. The number of benzene rings is 2. The molecule has 1 saturated carbocycles. The monoisotopic (exact) mass is 450 g/mol. The molecule has 2 aromatic rings. The number of nitrogens with zero attached hydrogens (tertiary/aromatic N) is 1. The highest BCUT2D eigenvalue weighted by atomic mass is 16.2. The van der Waals surface area contributed by atoms with Gasteiger partial charge in [-0.25, -0.2) is 0 Å². The van der Waals surface area contributed by atoms with Crippen molar-refractivity contribution in [3.05, 3.63) is 59.2 Å². The zero-order valence-electron chi connectivity index (χ0n) is 19.7. The molecule has 0 aliphatic heterocycles. The highest BCUT2D eigenvalue weighted by Crippen LogP contribution is 2.20. The Labute approximate surface area is 195 Å². The van der Waals surface area contributed by atoms with Gasteiger partial charge in [0.25, 0.3) is 5.91 Å². The third kappa shape index (κ3) is 7.34. The summed E-state index contributed by atoms with van der Waals surface area (Å²) in [7, 11) is 1.60. The van der Waals surface area contributed by atoms with E-state index in [1.807, 2.05) is 50.2 Å². The predicted molar refractivity (Wildman–Crippen MR) is 131 cm³/mol. The van der Waals surface area contributed by atoms with Crippen LogP contribution in [0.1, 0.15) is 53.6 Å². The second-order valence-electron chi connectivity index (χ2n) is 8.86. The van der Waals surface area contributed by atoms with Crippen LogP contribution in [0.2, 0.25) is 0 Å². The van der Waals surface area contributed by atoms with E-state index in [1.165, 1.54) is 24.2 Å². The number of carbonyl (C=O) groups is 3. The lowest BCUT2D eigenvalue weighted by atomic mass is 9.95. The van der Waals surface area contributed by atoms with E-state index in [0.29, 0.717) is 11.3 Å². The van der Waals surface area contributed by atoms with Crippen LogP contribution in [-0.4, -0.2) is 48.8 Å². The molecule has 3 amide bonds. The van der Waals surface area contributed by atoms with Gasteiger partial charge in [0, 0.05) is 30.0 Å². The van der Waals surface area contributed by atoms with Crippen molar-refractivity contribution in [3.63, 3.8) is 0 Å². The van der Waals surface area contributed by atoms with Crippen LogP contribution >= 0.6 is 0 Å². The van der Waals surface area contributed by atoms with Crippen molar-refractivity contribution in [2.24, 2.45) is 0 Å². The van der Waals surface area contributed by atoms with Crippen LogP contribution < -0.4 is 16.0 Å². The molecular weight excluding hydrogens is 416 g/mol. The maximum absolute atomic E-state index is 12.6. The van der Waals surface area contributed by atoms with Gasteiger partial charge in [-0.15, -0.1) is 0 Å². The Morgan fingerprint density at radius 1 is 0.970 bits per heavy atom. The van der Waals surface area contributed by atoms with E-state index in [1.54, 1.807) is 13.1 Å². The molecule has 1 aliphatic rings. The van der Waals surface area contributed by atoms with Crippen molar-refractivity contribution in [3.8, 4) is 0 Å². The molecule has 7 heteroatoms. The summed E-state index contributed by atoms with van der Waals surface area (Å²) in [4.78, 5) is 38.6. The van der Waals surface area contributed by atoms with E-state index in [4.69, 9.17) is 0 Å². The van der Waals surface area contributed by atoms with Gasteiger partial charge in [0.1, 0.15) is 0 Å². The molecule has 0 aromatic heterocycles. The Morgan fingerprint density at radius 2 is 1.67 bits per heavy atom. The molecule has 0 atom stereocenters. The molecule has 176 valence electrons. The standard InChI is InChI=1S/C26H34N4O3/c1-18-9-12-22(13-10-18)28-24(31)17-30(3)25(32)16-27-23-14-11-20(15-19(23)2)26(33)29-21-7-5-4-6-8-21/h9-15,21,27H,4-8,16-17H2,1-3H3,(H,28,31)(H,29,33). The maximum Gasteiger partial charge on any atom is 0.251 e.